The first-order valence-corrected chi connectivity index (χ1v) is 4.98. The molecule has 0 aromatic carbocycles. The standard InChI is InChI=1S/C10H19NO2/c1-7(2)11-6-9(4-8(11)3)5-10(12)13/h7-9H,4-6H2,1-3H3,(H,12,13). The van der Waals surface area contributed by atoms with Crippen LogP contribution in [0.2, 0.25) is 0 Å². The quantitative estimate of drug-likeness (QED) is 0.725. The molecule has 2 unspecified atom stereocenters. The molecule has 1 N–H and O–H groups in total. The summed E-state index contributed by atoms with van der Waals surface area (Å²) < 4.78 is 0. The Kier molecular flexibility index (Phi) is 3.31. The van der Waals surface area contributed by atoms with Gasteiger partial charge in [0.25, 0.3) is 0 Å². The van der Waals surface area contributed by atoms with Gasteiger partial charge in [-0.1, -0.05) is 0 Å². The van der Waals surface area contributed by atoms with Crippen molar-refractivity contribution in [2.45, 2.75) is 45.7 Å². The third-order valence-electron chi connectivity index (χ3n) is 2.84. The van der Waals surface area contributed by atoms with Gasteiger partial charge in [0.05, 0.1) is 0 Å². The summed E-state index contributed by atoms with van der Waals surface area (Å²) in [5, 5.41) is 8.67. The van der Waals surface area contributed by atoms with Crippen LogP contribution in [0.5, 0.6) is 0 Å². The number of carboxylic acid groups (broad SMARTS) is 1. The van der Waals surface area contributed by atoms with Gasteiger partial charge in [-0.15, -0.1) is 0 Å². The number of likely N-dealkylation sites (tertiary alicyclic amines) is 1. The topological polar surface area (TPSA) is 40.5 Å². The zero-order chi connectivity index (χ0) is 10.0. The Balaban J connectivity index is 2.45. The molecule has 0 aromatic rings. The number of nitrogens with zero attached hydrogens (tertiary/aromatic N) is 1. The van der Waals surface area contributed by atoms with Crippen LogP contribution in [0.3, 0.4) is 0 Å². The van der Waals surface area contributed by atoms with Crippen LogP contribution >= 0.6 is 0 Å². The van der Waals surface area contributed by atoms with Crippen LogP contribution in [0.1, 0.15) is 33.6 Å². The van der Waals surface area contributed by atoms with Crippen LogP contribution in [-0.4, -0.2) is 34.6 Å². The maximum atomic E-state index is 10.5. The summed E-state index contributed by atoms with van der Waals surface area (Å²) in [4.78, 5) is 12.9. The maximum absolute atomic E-state index is 10.5. The summed E-state index contributed by atoms with van der Waals surface area (Å²) in [6, 6.07) is 1.08. The molecule has 0 radical (unpaired) electrons. The number of rotatable bonds is 3. The van der Waals surface area contributed by atoms with E-state index in [9.17, 15) is 4.79 Å². The SMILES string of the molecule is CC(C)N1CC(CC(=O)O)CC1C. The van der Waals surface area contributed by atoms with Crippen molar-refractivity contribution >= 4 is 5.97 Å². The molecule has 3 heteroatoms. The lowest BCUT2D eigenvalue weighted by Crippen LogP contribution is -2.33. The molecule has 1 aliphatic heterocycles. The van der Waals surface area contributed by atoms with Gasteiger partial charge < -0.3 is 5.11 Å². The Bertz CT molecular complexity index is 191. The van der Waals surface area contributed by atoms with E-state index in [0.717, 1.165) is 13.0 Å². The molecule has 2 atom stereocenters. The van der Waals surface area contributed by atoms with Gasteiger partial charge in [0.15, 0.2) is 0 Å². The fourth-order valence-electron chi connectivity index (χ4n) is 2.29. The Morgan fingerprint density at radius 1 is 1.62 bits per heavy atom. The largest absolute Gasteiger partial charge is 0.481 e. The number of hydrogen-bond donors (Lipinski definition) is 1. The molecule has 13 heavy (non-hydrogen) atoms. The highest BCUT2D eigenvalue weighted by Gasteiger charge is 2.31. The van der Waals surface area contributed by atoms with Gasteiger partial charge in [0.1, 0.15) is 0 Å². The molecule has 0 spiro atoms. The molecule has 0 aliphatic carbocycles. The highest BCUT2D eigenvalue weighted by atomic mass is 16.4. The zero-order valence-corrected chi connectivity index (χ0v) is 8.66. The first kappa shape index (κ1) is 10.5. The smallest absolute Gasteiger partial charge is 0.303 e. The monoisotopic (exact) mass is 185 g/mol. The van der Waals surface area contributed by atoms with E-state index in [2.05, 4.69) is 25.7 Å². The van der Waals surface area contributed by atoms with Gasteiger partial charge in [-0.05, 0) is 33.1 Å². The summed E-state index contributed by atoms with van der Waals surface area (Å²) in [6.07, 6.45) is 1.36. The van der Waals surface area contributed by atoms with Crippen LogP contribution in [0, 0.1) is 5.92 Å². The lowest BCUT2D eigenvalue weighted by molar-refractivity contribution is -0.138. The Labute approximate surface area is 79.7 Å². The van der Waals surface area contributed by atoms with E-state index >= 15 is 0 Å². The molecule has 1 fully saturated rings. The number of carbonyl (C=O) groups is 1. The lowest BCUT2D eigenvalue weighted by Gasteiger charge is -2.25. The van der Waals surface area contributed by atoms with Gasteiger partial charge >= 0.3 is 5.97 Å². The van der Waals surface area contributed by atoms with Crippen molar-refractivity contribution in [3.63, 3.8) is 0 Å². The minimum atomic E-state index is -0.664. The predicted molar refractivity (Wildman–Crippen MR) is 51.7 cm³/mol. The first-order valence-electron chi connectivity index (χ1n) is 4.98. The Morgan fingerprint density at radius 2 is 2.23 bits per heavy atom. The molecule has 0 aromatic heterocycles. The van der Waals surface area contributed by atoms with E-state index in [4.69, 9.17) is 5.11 Å². The van der Waals surface area contributed by atoms with Crippen LogP contribution in [0.15, 0.2) is 0 Å². The van der Waals surface area contributed by atoms with E-state index in [1.54, 1.807) is 0 Å². The highest BCUT2D eigenvalue weighted by molar-refractivity contribution is 5.67. The number of hydrogen-bond acceptors (Lipinski definition) is 2. The van der Waals surface area contributed by atoms with Crippen LogP contribution < -0.4 is 0 Å². The summed E-state index contributed by atoms with van der Waals surface area (Å²) in [7, 11) is 0. The van der Waals surface area contributed by atoms with E-state index in [1.165, 1.54) is 0 Å². The van der Waals surface area contributed by atoms with E-state index in [1.807, 2.05) is 0 Å². The van der Waals surface area contributed by atoms with Crippen molar-refractivity contribution in [2.24, 2.45) is 5.92 Å². The molecule has 0 amide bonds. The normalized spacial score (nSPS) is 29.8. The first-order chi connectivity index (χ1) is 6.00. The van der Waals surface area contributed by atoms with Crippen LogP contribution in [0.25, 0.3) is 0 Å². The molecular formula is C10H19NO2. The molecule has 1 saturated heterocycles. The summed E-state index contributed by atoms with van der Waals surface area (Å²) in [6.45, 7) is 7.46. The summed E-state index contributed by atoms with van der Waals surface area (Å²) >= 11 is 0. The number of carboxylic acids is 1. The van der Waals surface area contributed by atoms with E-state index in [0.29, 0.717) is 24.4 Å². The molecule has 76 valence electrons. The van der Waals surface area contributed by atoms with Gasteiger partial charge in [-0.25, -0.2) is 0 Å². The molecule has 3 nitrogen and oxygen atoms in total. The second-order valence-electron chi connectivity index (χ2n) is 4.34. The van der Waals surface area contributed by atoms with Crippen molar-refractivity contribution in [2.75, 3.05) is 6.54 Å². The van der Waals surface area contributed by atoms with Crippen molar-refractivity contribution in [3.05, 3.63) is 0 Å². The van der Waals surface area contributed by atoms with Crippen molar-refractivity contribution < 1.29 is 9.90 Å². The number of aliphatic carboxylic acids is 1. The average molecular weight is 185 g/mol. The van der Waals surface area contributed by atoms with Crippen molar-refractivity contribution in [1.29, 1.82) is 0 Å². The molecular weight excluding hydrogens is 166 g/mol. The third kappa shape index (κ3) is 2.69. The zero-order valence-electron chi connectivity index (χ0n) is 8.66. The molecule has 0 bridgehead atoms. The second kappa shape index (κ2) is 4.09. The fraction of sp³-hybridized carbons (Fsp3) is 0.900. The van der Waals surface area contributed by atoms with Gasteiger partial charge in [-0.2, -0.15) is 0 Å². The van der Waals surface area contributed by atoms with E-state index in [-0.39, 0.29) is 0 Å². The van der Waals surface area contributed by atoms with E-state index < -0.39 is 5.97 Å². The minimum Gasteiger partial charge on any atom is -0.481 e. The molecule has 0 saturated carbocycles. The van der Waals surface area contributed by atoms with Gasteiger partial charge in [0.2, 0.25) is 0 Å². The molecule has 1 aliphatic rings. The molecule has 1 rings (SSSR count). The van der Waals surface area contributed by atoms with Gasteiger partial charge in [-0.3, -0.25) is 9.69 Å². The fourth-order valence-corrected chi connectivity index (χ4v) is 2.29. The van der Waals surface area contributed by atoms with Crippen molar-refractivity contribution in [1.82, 2.24) is 4.90 Å². The lowest BCUT2D eigenvalue weighted by atomic mass is 10.0. The minimum absolute atomic E-state index is 0.327. The highest BCUT2D eigenvalue weighted by Crippen LogP contribution is 2.26. The Hall–Kier alpha value is -0.570. The second-order valence-corrected chi connectivity index (χ2v) is 4.34. The average Bonchev–Trinajstić information content (AvgIpc) is 2.29. The van der Waals surface area contributed by atoms with Gasteiger partial charge in [0, 0.05) is 25.0 Å². The third-order valence-corrected chi connectivity index (χ3v) is 2.84. The maximum Gasteiger partial charge on any atom is 0.303 e. The van der Waals surface area contributed by atoms with Crippen LogP contribution in [0.4, 0.5) is 0 Å². The predicted octanol–water partition coefficient (Wildman–Crippen LogP) is 1.58. The summed E-state index contributed by atoms with van der Waals surface area (Å²) in [5.41, 5.74) is 0. The van der Waals surface area contributed by atoms with Crippen LogP contribution in [-0.2, 0) is 4.79 Å². The summed E-state index contributed by atoms with van der Waals surface area (Å²) in [5.74, 6) is -0.308. The van der Waals surface area contributed by atoms with Crippen molar-refractivity contribution in [3.8, 4) is 0 Å². The Morgan fingerprint density at radius 3 is 2.62 bits per heavy atom. The molecule has 1 heterocycles.